The van der Waals surface area contributed by atoms with Crippen LogP contribution in [0.15, 0.2) is 0 Å². The third kappa shape index (κ3) is 2.91. The van der Waals surface area contributed by atoms with E-state index in [4.69, 9.17) is 5.11 Å². The molecule has 0 aromatic rings. The number of hydrogen-bond donors (Lipinski definition) is 2. The number of carbonyl (C=O) groups is 2. The SMILES string of the molecule is CC(CO)CN1C(=O)NC2(CCCCCCC2)C1=O. The van der Waals surface area contributed by atoms with Gasteiger partial charge in [0, 0.05) is 13.2 Å². The molecular weight excluding hydrogens is 244 g/mol. The topological polar surface area (TPSA) is 69.6 Å². The van der Waals surface area contributed by atoms with Crippen LogP contribution in [0, 0.1) is 5.92 Å². The van der Waals surface area contributed by atoms with Gasteiger partial charge in [0.15, 0.2) is 0 Å². The normalized spacial score (nSPS) is 25.1. The molecule has 1 aliphatic heterocycles. The number of imide groups is 1. The summed E-state index contributed by atoms with van der Waals surface area (Å²) in [5.74, 6) is -0.155. The third-order valence-electron chi connectivity index (χ3n) is 4.26. The van der Waals surface area contributed by atoms with Gasteiger partial charge in [-0.15, -0.1) is 0 Å². The zero-order valence-corrected chi connectivity index (χ0v) is 11.7. The second-order valence-electron chi connectivity index (χ2n) is 5.98. The lowest BCUT2D eigenvalue weighted by atomic mass is 9.84. The van der Waals surface area contributed by atoms with E-state index >= 15 is 0 Å². The number of nitrogens with zero attached hydrogens (tertiary/aromatic N) is 1. The quantitative estimate of drug-likeness (QED) is 0.765. The molecule has 5 heteroatoms. The van der Waals surface area contributed by atoms with Crippen molar-refractivity contribution in [2.75, 3.05) is 13.2 Å². The highest BCUT2D eigenvalue weighted by Crippen LogP contribution is 2.32. The Hall–Kier alpha value is -1.10. The van der Waals surface area contributed by atoms with Crippen LogP contribution in [0.2, 0.25) is 0 Å². The molecule has 2 aliphatic rings. The molecule has 1 unspecified atom stereocenters. The van der Waals surface area contributed by atoms with Crippen molar-refractivity contribution in [3.05, 3.63) is 0 Å². The number of rotatable bonds is 3. The average molecular weight is 268 g/mol. The van der Waals surface area contributed by atoms with Gasteiger partial charge in [0.1, 0.15) is 5.54 Å². The van der Waals surface area contributed by atoms with Crippen molar-refractivity contribution in [3.63, 3.8) is 0 Å². The number of urea groups is 1. The van der Waals surface area contributed by atoms with Crippen molar-refractivity contribution < 1.29 is 14.7 Å². The van der Waals surface area contributed by atoms with Crippen LogP contribution < -0.4 is 5.32 Å². The fourth-order valence-electron chi connectivity index (χ4n) is 3.06. The lowest BCUT2D eigenvalue weighted by molar-refractivity contribution is -0.132. The van der Waals surface area contributed by atoms with Crippen LogP contribution in [0.4, 0.5) is 4.79 Å². The molecule has 0 bridgehead atoms. The molecule has 2 fully saturated rings. The minimum Gasteiger partial charge on any atom is -0.396 e. The number of nitrogens with one attached hydrogen (secondary N) is 1. The summed E-state index contributed by atoms with van der Waals surface area (Å²) >= 11 is 0. The standard InChI is InChI=1S/C14H24N2O3/c1-11(10-17)9-16-12(18)14(15-13(16)19)7-5-3-2-4-6-8-14/h11,17H,2-10H2,1H3,(H,15,19). The van der Waals surface area contributed by atoms with E-state index in [2.05, 4.69) is 5.32 Å². The Balaban J connectivity index is 2.10. The fraction of sp³-hybridized carbons (Fsp3) is 0.857. The molecule has 1 aliphatic carbocycles. The molecule has 0 aromatic heterocycles. The van der Waals surface area contributed by atoms with E-state index < -0.39 is 5.54 Å². The van der Waals surface area contributed by atoms with Crippen molar-refractivity contribution in [3.8, 4) is 0 Å². The second-order valence-corrected chi connectivity index (χ2v) is 5.98. The number of amides is 3. The first kappa shape index (κ1) is 14.3. The maximum absolute atomic E-state index is 12.6. The van der Waals surface area contributed by atoms with Crippen molar-refractivity contribution in [1.29, 1.82) is 0 Å². The van der Waals surface area contributed by atoms with E-state index in [1.54, 1.807) is 0 Å². The molecule has 0 radical (unpaired) electrons. The molecule has 1 spiro atoms. The number of hydrogen-bond acceptors (Lipinski definition) is 3. The first-order valence-electron chi connectivity index (χ1n) is 7.34. The van der Waals surface area contributed by atoms with Gasteiger partial charge in [-0.05, 0) is 18.8 Å². The van der Waals surface area contributed by atoms with Crippen LogP contribution in [0.5, 0.6) is 0 Å². The van der Waals surface area contributed by atoms with Gasteiger partial charge >= 0.3 is 6.03 Å². The van der Waals surface area contributed by atoms with Crippen molar-refractivity contribution in [2.45, 2.75) is 57.4 Å². The second kappa shape index (κ2) is 5.90. The van der Waals surface area contributed by atoms with Gasteiger partial charge in [0.25, 0.3) is 5.91 Å². The summed E-state index contributed by atoms with van der Waals surface area (Å²) < 4.78 is 0. The Labute approximate surface area is 114 Å². The summed E-state index contributed by atoms with van der Waals surface area (Å²) in [4.78, 5) is 25.9. The molecule has 1 atom stereocenters. The van der Waals surface area contributed by atoms with Crippen LogP contribution >= 0.6 is 0 Å². The monoisotopic (exact) mass is 268 g/mol. The average Bonchev–Trinajstić information content (AvgIpc) is 2.59. The zero-order chi connectivity index (χ0) is 13.9. The third-order valence-corrected chi connectivity index (χ3v) is 4.26. The highest BCUT2D eigenvalue weighted by Gasteiger charge is 2.50. The van der Waals surface area contributed by atoms with E-state index in [1.165, 1.54) is 11.3 Å². The van der Waals surface area contributed by atoms with Crippen LogP contribution in [-0.2, 0) is 4.79 Å². The van der Waals surface area contributed by atoms with E-state index in [-0.39, 0.29) is 24.5 Å². The summed E-state index contributed by atoms with van der Waals surface area (Å²) in [7, 11) is 0. The van der Waals surface area contributed by atoms with Gasteiger partial charge in [0.2, 0.25) is 0 Å². The molecule has 0 aromatic carbocycles. The first-order chi connectivity index (χ1) is 9.09. The number of aliphatic hydroxyl groups excluding tert-OH is 1. The lowest BCUT2D eigenvalue weighted by Crippen LogP contribution is -2.47. The fourth-order valence-corrected chi connectivity index (χ4v) is 3.06. The minimum atomic E-state index is -0.660. The summed E-state index contributed by atoms with van der Waals surface area (Å²) in [5.41, 5.74) is -0.660. The summed E-state index contributed by atoms with van der Waals surface area (Å²) in [5, 5.41) is 12.0. The van der Waals surface area contributed by atoms with Crippen molar-refractivity contribution >= 4 is 11.9 Å². The Morgan fingerprint density at radius 1 is 1.21 bits per heavy atom. The minimum absolute atomic E-state index is 0.00986. The largest absolute Gasteiger partial charge is 0.396 e. The predicted octanol–water partition coefficient (Wildman–Crippen LogP) is 1.65. The van der Waals surface area contributed by atoms with Gasteiger partial charge in [-0.1, -0.05) is 39.0 Å². The maximum Gasteiger partial charge on any atom is 0.325 e. The predicted molar refractivity (Wildman–Crippen MR) is 71.5 cm³/mol. The molecule has 19 heavy (non-hydrogen) atoms. The van der Waals surface area contributed by atoms with Crippen LogP contribution in [0.25, 0.3) is 0 Å². The van der Waals surface area contributed by atoms with E-state index in [9.17, 15) is 9.59 Å². The Kier molecular flexibility index (Phi) is 4.45. The Bertz CT molecular complexity index is 349. The van der Waals surface area contributed by atoms with Gasteiger partial charge in [-0.3, -0.25) is 9.69 Å². The zero-order valence-electron chi connectivity index (χ0n) is 11.7. The van der Waals surface area contributed by atoms with Crippen molar-refractivity contribution in [2.24, 2.45) is 5.92 Å². The van der Waals surface area contributed by atoms with Gasteiger partial charge < -0.3 is 10.4 Å². The Morgan fingerprint density at radius 2 is 1.79 bits per heavy atom. The van der Waals surface area contributed by atoms with Crippen LogP contribution in [0.3, 0.4) is 0 Å². The highest BCUT2D eigenvalue weighted by molar-refractivity contribution is 6.07. The lowest BCUT2D eigenvalue weighted by Gasteiger charge is -2.28. The van der Waals surface area contributed by atoms with E-state index in [0.29, 0.717) is 6.54 Å². The van der Waals surface area contributed by atoms with E-state index in [1.807, 2.05) is 6.92 Å². The molecule has 1 saturated carbocycles. The molecule has 1 heterocycles. The van der Waals surface area contributed by atoms with Gasteiger partial charge in [0.05, 0.1) is 0 Å². The molecule has 3 amide bonds. The number of carbonyl (C=O) groups excluding carboxylic acids is 2. The summed E-state index contributed by atoms with van der Waals surface area (Å²) in [6.07, 6.45) is 6.99. The molecule has 2 rings (SSSR count). The molecule has 5 nitrogen and oxygen atoms in total. The van der Waals surface area contributed by atoms with Gasteiger partial charge in [-0.25, -0.2) is 4.79 Å². The smallest absolute Gasteiger partial charge is 0.325 e. The highest BCUT2D eigenvalue weighted by atomic mass is 16.3. The Morgan fingerprint density at radius 3 is 2.37 bits per heavy atom. The number of aliphatic hydroxyl groups is 1. The maximum atomic E-state index is 12.6. The van der Waals surface area contributed by atoms with Crippen molar-refractivity contribution in [1.82, 2.24) is 10.2 Å². The van der Waals surface area contributed by atoms with E-state index in [0.717, 1.165) is 38.5 Å². The molecule has 2 N–H and O–H groups in total. The first-order valence-corrected chi connectivity index (χ1v) is 7.34. The summed E-state index contributed by atoms with van der Waals surface area (Å²) in [6.45, 7) is 2.14. The molecular formula is C14H24N2O3. The van der Waals surface area contributed by atoms with Crippen LogP contribution in [-0.4, -0.2) is 40.6 Å². The van der Waals surface area contributed by atoms with Crippen LogP contribution in [0.1, 0.15) is 51.9 Å². The molecule has 1 saturated heterocycles. The van der Waals surface area contributed by atoms with Gasteiger partial charge in [-0.2, -0.15) is 0 Å². The summed E-state index contributed by atoms with van der Waals surface area (Å²) in [6, 6.07) is -0.286. The molecule has 108 valence electrons.